The summed E-state index contributed by atoms with van der Waals surface area (Å²) >= 11 is 13.3. The molecule has 0 saturated heterocycles. The number of methoxy groups -OCH3 is 1. The van der Waals surface area contributed by atoms with Gasteiger partial charge in [0.1, 0.15) is 0 Å². The highest BCUT2D eigenvalue weighted by Gasteiger charge is 2.25. The summed E-state index contributed by atoms with van der Waals surface area (Å²) in [7, 11) is 3.26. The van der Waals surface area contributed by atoms with E-state index in [1.165, 1.54) is 24.9 Å². The van der Waals surface area contributed by atoms with E-state index in [9.17, 15) is 9.90 Å². The molecule has 0 saturated carbocycles. The molecule has 0 spiro atoms. The van der Waals surface area contributed by atoms with Crippen molar-refractivity contribution in [3.63, 3.8) is 0 Å². The number of phenolic OH excluding ortho intramolecular Hbond substituents is 1. The van der Waals surface area contributed by atoms with Crippen LogP contribution in [0.15, 0.2) is 46.3 Å². The van der Waals surface area contributed by atoms with Gasteiger partial charge in [0.15, 0.2) is 16.7 Å². The summed E-state index contributed by atoms with van der Waals surface area (Å²) in [6.45, 7) is 0. The maximum absolute atomic E-state index is 12.3. The van der Waals surface area contributed by atoms with E-state index in [0.717, 1.165) is 5.69 Å². The zero-order valence-corrected chi connectivity index (χ0v) is 16.2. The second-order valence-corrected chi connectivity index (χ2v) is 7.24. The number of benzene rings is 2. The van der Waals surface area contributed by atoms with Gasteiger partial charge in [0.05, 0.1) is 17.0 Å². The van der Waals surface area contributed by atoms with Gasteiger partial charge >= 0.3 is 0 Å². The smallest absolute Gasteiger partial charge is 0.286 e. The van der Waals surface area contributed by atoms with Crippen LogP contribution in [0.1, 0.15) is 5.56 Å². The van der Waals surface area contributed by atoms with Gasteiger partial charge in [-0.25, -0.2) is 0 Å². The summed E-state index contributed by atoms with van der Waals surface area (Å²) in [4.78, 5) is 18.6. The van der Waals surface area contributed by atoms with Crippen LogP contribution < -0.4 is 9.64 Å². The molecule has 1 amide bonds. The minimum atomic E-state index is -0.353. The molecule has 1 aliphatic rings. The van der Waals surface area contributed by atoms with E-state index in [1.54, 1.807) is 29.2 Å². The second kappa shape index (κ2) is 7.61. The molecule has 2 aromatic rings. The maximum atomic E-state index is 12.3. The molecule has 0 atom stereocenters. The van der Waals surface area contributed by atoms with Crippen LogP contribution in [0.5, 0.6) is 11.5 Å². The first kappa shape index (κ1) is 18.6. The third-order valence-corrected chi connectivity index (χ3v) is 5.33. The number of hydrogen-bond donors (Lipinski definition) is 1. The van der Waals surface area contributed by atoms with Crippen molar-refractivity contribution < 1.29 is 14.6 Å². The van der Waals surface area contributed by atoms with E-state index in [4.69, 9.17) is 27.9 Å². The van der Waals surface area contributed by atoms with Crippen LogP contribution in [0, 0.1) is 0 Å². The first-order valence-corrected chi connectivity index (χ1v) is 9.04. The lowest BCUT2D eigenvalue weighted by molar-refractivity contribution is -0.113. The van der Waals surface area contributed by atoms with Crippen LogP contribution in [-0.4, -0.2) is 30.3 Å². The molecule has 0 bridgehead atoms. The Labute approximate surface area is 164 Å². The van der Waals surface area contributed by atoms with Gasteiger partial charge in [0.25, 0.3) is 5.91 Å². The fraction of sp³-hybridized carbons (Fsp3) is 0.111. The maximum Gasteiger partial charge on any atom is 0.286 e. The van der Waals surface area contributed by atoms with Crippen LogP contribution in [0.25, 0.3) is 6.08 Å². The predicted molar refractivity (Wildman–Crippen MR) is 108 cm³/mol. The third kappa shape index (κ3) is 3.82. The SMILES string of the molecule is COc1cc(/C=C2\SC(N(C)c3ccc(Cl)cc3)=NC2=O)c(Cl)cc1O. The summed E-state index contributed by atoms with van der Waals surface area (Å²) in [6, 6.07) is 10.2. The van der Waals surface area contributed by atoms with E-state index < -0.39 is 0 Å². The molecule has 8 heteroatoms. The summed E-state index contributed by atoms with van der Waals surface area (Å²) in [6.07, 6.45) is 1.63. The third-order valence-electron chi connectivity index (χ3n) is 3.69. The van der Waals surface area contributed by atoms with Gasteiger partial charge in [-0.2, -0.15) is 4.99 Å². The number of anilines is 1. The van der Waals surface area contributed by atoms with Crippen molar-refractivity contribution in [2.24, 2.45) is 4.99 Å². The number of halogens is 2. The molecule has 1 aliphatic heterocycles. The van der Waals surface area contributed by atoms with Crippen molar-refractivity contribution in [2.75, 3.05) is 19.1 Å². The summed E-state index contributed by atoms with van der Waals surface area (Å²) in [5.41, 5.74) is 1.42. The number of thioether (sulfide) groups is 1. The quantitative estimate of drug-likeness (QED) is 0.737. The highest BCUT2D eigenvalue weighted by molar-refractivity contribution is 8.18. The number of hydrogen-bond acceptors (Lipinski definition) is 5. The molecule has 0 aliphatic carbocycles. The van der Waals surface area contributed by atoms with Crippen molar-refractivity contribution in [1.29, 1.82) is 0 Å². The average molecular weight is 409 g/mol. The Morgan fingerprint density at radius 3 is 2.58 bits per heavy atom. The van der Waals surface area contributed by atoms with Crippen LogP contribution in [0.2, 0.25) is 10.0 Å². The lowest BCUT2D eigenvalue weighted by atomic mass is 10.2. The minimum absolute atomic E-state index is 0.0653. The molecule has 134 valence electrons. The topological polar surface area (TPSA) is 62.1 Å². The minimum Gasteiger partial charge on any atom is -0.504 e. The Morgan fingerprint density at radius 2 is 1.92 bits per heavy atom. The lowest BCUT2D eigenvalue weighted by Crippen LogP contribution is -2.21. The van der Waals surface area contributed by atoms with Gasteiger partial charge < -0.3 is 14.7 Å². The normalized spacial score (nSPS) is 15.3. The van der Waals surface area contributed by atoms with Crippen LogP contribution >= 0.6 is 35.0 Å². The lowest BCUT2D eigenvalue weighted by Gasteiger charge is -2.17. The number of amidine groups is 1. The van der Waals surface area contributed by atoms with Crippen molar-refractivity contribution >= 4 is 57.8 Å². The Kier molecular flexibility index (Phi) is 5.46. The molecule has 3 rings (SSSR count). The fourth-order valence-electron chi connectivity index (χ4n) is 2.29. The summed E-state index contributed by atoms with van der Waals surface area (Å²) < 4.78 is 5.08. The second-order valence-electron chi connectivity index (χ2n) is 5.39. The van der Waals surface area contributed by atoms with Gasteiger partial charge in [-0.05, 0) is 53.7 Å². The molecule has 0 aromatic heterocycles. The van der Waals surface area contributed by atoms with Gasteiger partial charge in [-0.3, -0.25) is 4.79 Å². The Hall–Kier alpha value is -2.15. The molecule has 1 N–H and O–H groups in total. The molecule has 0 radical (unpaired) electrons. The van der Waals surface area contributed by atoms with Crippen molar-refractivity contribution in [1.82, 2.24) is 0 Å². The molecule has 1 heterocycles. The van der Waals surface area contributed by atoms with Gasteiger partial charge in [0, 0.05) is 23.8 Å². The number of phenols is 1. The highest BCUT2D eigenvalue weighted by atomic mass is 35.5. The monoisotopic (exact) mass is 408 g/mol. The van der Waals surface area contributed by atoms with Crippen molar-refractivity contribution in [3.8, 4) is 11.5 Å². The fourth-order valence-corrected chi connectivity index (χ4v) is 3.52. The van der Waals surface area contributed by atoms with E-state index in [0.29, 0.717) is 25.7 Å². The van der Waals surface area contributed by atoms with Gasteiger partial charge in [-0.15, -0.1) is 0 Å². The standard InChI is InChI=1S/C18H14Cl2N2O3S/c1-22(12-5-3-11(19)4-6-12)18-21-17(24)16(26-18)8-10-7-15(25-2)14(23)9-13(10)20/h3-9,23H,1-2H3/b16-8-. The van der Waals surface area contributed by atoms with E-state index in [2.05, 4.69) is 4.99 Å². The van der Waals surface area contributed by atoms with E-state index >= 15 is 0 Å². The number of nitrogens with zero attached hydrogens (tertiary/aromatic N) is 2. The number of rotatable bonds is 3. The number of carbonyl (C=O) groups excluding carboxylic acids is 1. The molecule has 0 fully saturated rings. The largest absolute Gasteiger partial charge is 0.504 e. The Balaban J connectivity index is 1.86. The summed E-state index contributed by atoms with van der Waals surface area (Å²) in [5, 5.41) is 11.2. The molecule has 26 heavy (non-hydrogen) atoms. The van der Waals surface area contributed by atoms with E-state index in [-0.39, 0.29) is 17.4 Å². The zero-order valence-electron chi connectivity index (χ0n) is 13.9. The molecular weight excluding hydrogens is 395 g/mol. The molecule has 5 nitrogen and oxygen atoms in total. The summed E-state index contributed by atoms with van der Waals surface area (Å²) in [5.74, 6) is -0.144. The van der Waals surface area contributed by atoms with Crippen molar-refractivity contribution in [2.45, 2.75) is 0 Å². The number of aliphatic imine (C=N–C) groups is 1. The number of amides is 1. The van der Waals surface area contributed by atoms with Gasteiger partial charge in [-0.1, -0.05) is 23.2 Å². The average Bonchev–Trinajstić information content (AvgIpc) is 2.98. The molecule has 0 unspecified atom stereocenters. The molecule has 2 aromatic carbocycles. The van der Waals surface area contributed by atoms with E-state index in [1.807, 2.05) is 19.2 Å². The van der Waals surface area contributed by atoms with Crippen molar-refractivity contribution in [3.05, 3.63) is 56.9 Å². The first-order chi connectivity index (χ1) is 12.4. The van der Waals surface area contributed by atoms with Crippen LogP contribution in [0.4, 0.5) is 5.69 Å². The highest BCUT2D eigenvalue weighted by Crippen LogP contribution is 2.37. The van der Waals surface area contributed by atoms with Gasteiger partial charge in [0.2, 0.25) is 0 Å². The number of ether oxygens (including phenoxy) is 1. The predicted octanol–water partition coefficient (Wildman–Crippen LogP) is 4.81. The Morgan fingerprint density at radius 1 is 1.23 bits per heavy atom. The van der Waals surface area contributed by atoms with Crippen LogP contribution in [-0.2, 0) is 4.79 Å². The number of carbonyl (C=O) groups is 1. The Bertz CT molecular complexity index is 927. The number of aromatic hydroxyl groups is 1. The first-order valence-electron chi connectivity index (χ1n) is 7.47. The zero-order chi connectivity index (χ0) is 18.8. The van der Waals surface area contributed by atoms with Crippen LogP contribution in [0.3, 0.4) is 0 Å². The molecular formula is C18H14Cl2N2O3S.